The maximum Gasteiger partial charge on any atom is 0.240 e. The Morgan fingerprint density at radius 1 is 1.03 bits per heavy atom. The van der Waals surface area contributed by atoms with Crippen LogP contribution in [-0.4, -0.2) is 45.3 Å². The van der Waals surface area contributed by atoms with Crippen LogP contribution in [0.5, 0.6) is 17.2 Å². The molecule has 2 saturated heterocycles. The maximum absolute atomic E-state index is 12.8. The lowest BCUT2D eigenvalue weighted by Crippen LogP contribution is -2.49. The monoisotopic (exact) mass is 430 g/mol. The van der Waals surface area contributed by atoms with Crippen molar-refractivity contribution in [3.8, 4) is 17.2 Å². The van der Waals surface area contributed by atoms with E-state index in [4.69, 9.17) is 14.2 Å². The molecule has 0 spiro atoms. The second kappa shape index (κ2) is 7.76. The summed E-state index contributed by atoms with van der Waals surface area (Å²) in [6.07, 6.45) is 3.87. The molecule has 0 saturated carbocycles. The zero-order valence-corrected chi connectivity index (χ0v) is 17.7. The summed E-state index contributed by atoms with van der Waals surface area (Å²) in [6.45, 7) is 1.13. The van der Waals surface area contributed by atoms with Gasteiger partial charge in [-0.3, -0.25) is 4.90 Å². The highest BCUT2D eigenvalue weighted by atomic mass is 32.2. The van der Waals surface area contributed by atoms with Crippen molar-refractivity contribution in [2.45, 2.75) is 55.2 Å². The van der Waals surface area contributed by atoms with E-state index >= 15 is 0 Å². The highest BCUT2D eigenvalue weighted by molar-refractivity contribution is 7.89. The van der Waals surface area contributed by atoms with Crippen molar-refractivity contribution >= 4 is 10.0 Å². The number of sulfonamides is 1. The highest BCUT2D eigenvalue weighted by Gasteiger charge is 2.41. The number of nitrogens with one attached hydrogen (secondary N) is 1. The van der Waals surface area contributed by atoms with Gasteiger partial charge in [0.15, 0.2) is 11.5 Å². The summed E-state index contributed by atoms with van der Waals surface area (Å²) in [6, 6.07) is 13.4. The summed E-state index contributed by atoms with van der Waals surface area (Å²) < 4.78 is 44.6. The van der Waals surface area contributed by atoms with Crippen molar-refractivity contribution in [3.63, 3.8) is 0 Å². The van der Waals surface area contributed by atoms with Gasteiger partial charge in [0, 0.05) is 24.7 Å². The summed E-state index contributed by atoms with van der Waals surface area (Å²) in [5.41, 5.74) is 1.20. The number of ether oxygens (including phenoxy) is 3. The van der Waals surface area contributed by atoms with Crippen LogP contribution in [0.2, 0.25) is 0 Å². The second-order valence-corrected chi connectivity index (χ2v) is 9.92. The van der Waals surface area contributed by atoms with E-state index in [0.717, 1.165) is 43.7 Å². The van der Waals surface area contributed by atoms with E-state index in [1.165, 1.54) is 5.56 Å². The molecule has 3 aliphatic heterocycles. The van der Waals surface area contributed by atoms with Gasteiger partial charge in [-0.25, -0.2) is 13.1 Å². The third-order valence-electron chi connectivity index (χ3n) is 6.38. The Bertz CT molecular complexity index is 1010. The van der Waals surface area contributed by atoms with Gasteiger partial charge in [-0.05, 0) is 67.6 Å². The van der Waals surface area contributed by atoms with Crippen molar-refractivity contribution in [2.24, 2.45) is 0 Å². The van der Waals surface area contributed by atoms with Crippen LogP contribution in [0.3, 0.4) is 0 Å². The Hall–Kier alpha value is -2.29. The molecule has 3 aliphatic rings. The first-order chi connectivity index (χ1) is 14.5. The minimum absolute atomic E-state index is 0.0393. The number of nitrogens with zero attached hydrogens (tertiary/aromatic N) is 1. The lowest BCUT2D eigenvalue weighted by Gasteiger charge is -2.39. The Morgan fingerprint density at radius 3 is 2.43 bits per heavy atom. The molecule has 3 heterocycles. The Kier molecular flexibility index (Phi) is 5.08. The molecule has 7 nitrogen and oxygen atoms in total. The Labute approximate surface area is 177 Å². The standard InChI is InChI=1S/C22H26N2O5S/c1-27-19-5-7-20(8-6-19)30(25,26)23-16-11-17-3-4-18(12-16)24(17)13-15-2-9-21-22(10-15)29-14-28-21/h2,5-10,16-18,23H,3-4,11-14H2,1H3. The van der Waals surface area contributed by atoms with E-state index in [1.54, 1.807) is 31.4 Å². The quantitative estimate of drug-likeness (QED) is 0.759. The molecular weight excluding hydrogens is 404 g/mol. The second-order valence-electron chi connectivity index (χ2n) is 8.21. The summed E-state index contributed by atoms with van der Waals surface area (Å²) in [4.78, 5) is 2.80. The van der Waals surface area contributed by atoms with Gasteiger partial charge in [0.25, 0.3) is 0 Å². The van der Waals surface area contributed by atoms with E-state index in [-0.39, 0.29) is 17.7 Å². The van der Waals surface area contributed by atoms with Crippen LogP contribution < -0.4 is 18.9 Å². The molecule has 30 heavy (non-hydrogen) atoms. The highest BCUT2D eigenvalue weighted by Crippen LogP contribution is 2.39. The fraction of sp³-hybridized carbons (Fsp3) is 0.455. The fourth-order valence-corrected chi connectivity index (χ4v) is 6.18. The van der Waals surface area contributed by atoms with Crippen molar-refractivity contribution in [3.05, 3.63) is 48.0 Å². The summed E-state index contributed by atoms with van der Waals surface area (Å²) in [5, 5.41) is 0. The van der Waals surface area contributed by atoms with Crippen LogP contribution in [0.15, 0.2) is 47.4 Å². The molecule has 8 heteroatoms. The van der Waals surface area contributed by atoms with Crippen molar-refractivity contribution in [1.29, 1.82) is 0 Å². The van der Waals surface area contributed by atoms with Gasteiger partial charge >= 0.3 is 0 Å². The van der Waals surface area contributed by atoms with Gasteiger partial charge in [0.05, 0.1) is 12.0 Å². The number of hydrogen-bond donors (Lipinski definition) is 1. The maximum atomic E-state index is 12.8. The normalized spacial score (nSPS) is 25.4. The van der Waals surface area contributed by atoms with E-state index in [1.807, 2.05) is 6.07 Å². The van der Waals surface area contributed by atoms with Crippen LogP contribution in [-0.2, 0) is 16.6 Å². The van der Waals surface area contributed by atoms with Crippen LogP contribution in [0.1, 0.15) is 31.2 Å². The zero-order valence-electron chi connectivity index (χ0n) is 16.9. The third kappa shape index (κ3) is 3.75. The average Bonchev–Trinajstić information content (AvgIpc) is 3.29. The topological polar surface area (TPSA) is 77.1 Å². The lowest BCUT2D eigenvalue weighted by atomic mass is 9.97. The van der Waals surface area contributed by atoms with Crippen molar-refractivity contribution in [1.82, 2.24) is 9.62 Å². The number of fused-ring (bicyclic) bond motifs is 3. The molecule has 5 rings (SSSR count). The number of methoxy groups -OCH3 is 1. The summed E-state index contributed by atoms with van der Waals surface area (Å²) in [7, 11) is -1.98. The Balaban J connectivity index is 1.25. The summed E-state index contributed by atoms with van der Waals surface area (Å²) in [5.74, 6) is 2.25. The molecule has 2 aromatic rings. The first-order valence-electron chi connectivity index (χ1n) is 10.3. The molecule has 0 aromatic heterocycles. The largest absolute Gasteiger partial charge is 0.497 e. The van der Waals surface area contributed by atoms with Crippen molar-refractivity contribution < 1.29 is 22.6 Å². The van der Waals surface area contributed by atoms with Gasteiger partial charge in [-0.1, -0.05) is 6.07 Å². The molecule has 2 fully saturated rings. The van der Waals surface area contributed by atoms with Gasteiger partial charge in [-0.15, -0.1) is 0 Å². The first-order valence-corrected chi connectivity index (χ1v) is 11.8. The summed E-state index contributed by atoms with van der Waals surface area (Å²) >= 11 is 0. The molecular formula is C22H26N2O5S. The molecule has 0 aliphatic carbocycles. The number of hydrogen-bond acceptors (Lipinski definition) is 6. The number of benzene rings is 2. The van der Waals surface area contributed by atoms with Crippen molar-refractivity contribution in [2.75, 3.05) is 13.9 Å². The number of piperidine rings is 1. The predicted octanol–water partition coefficient (Wildman–Crippen LogP) is 2.90. The van der Waals surface area contributed by atoms with Gasteiger partial charge < -0.3 is 14.2 Å². The first kappa shape index (κ1) is 19.7. The minimum Gasteiger partial charge on any atom is -0.497 e. The van der Waals surface area contributed by atoms with E-state index in [0.29, 0.717) is 17.8 Å². The predicted molar refractivity (Wildman–Crippen MR) is 111 cm³/mol. The minimum atomic E-state index is -3.54. The van der Waals surface area contributed by atoms with Crippen LogP contribution in [0, 0.1) is 0 Å². The molecule has 0 radical (unpaired) electrons. The average molecular weight is 431 g/mol. The van der Waals surface area contributed by atoms with Crippen LogP contribution >= 0.6 is 0 Å². The molecule has 2 aromatic carbocycles. The molecule has 2 unspecified atom stereocenters. The van der Waals surface area contributed by atoms with E-state index < -0.39 is 10.0 Å². The van der Waals surface area contributed by atoms with Gasteiger partial charge in [-0.2, -0.15) is 0 Å². The third-order valence-corrected chi connectivity index (χ3v) is 7.91. The Morgan fingerprint density at radius 2 is 1.73 bits per heavy atom. The lowest BCUT2D eigenvalue weighted by molar-refractivity contribution is 0.115. The zero-order chi connectivity index (χ0) is 20.7. The SMILES string of the molecule is COc1ccc(S(=O)(=O)NC2CC3CCC(C2)N3Cc2ccc3c(c2)OCO3)cc1. The van der Waals surface area contributed by atoms with Crippen LogP contribution in [0.25, 0.3) is 0 Å². The fourth-order valence-electron chi connectivity index (χ4n) is 4.92. The molecule has 160 valence electrons. The van der Waals surface area contributed by atoms with Crippen LogP contribution in [0.4, 0.5) is 0 Å². The van der Waals surface area contributed by atoms with Gasteiger partial charge in [0.1, 0.15) is 5.75 Å². The smallest absolute Gasteiger partial charge is 0.240 e. The molecule has 2 atom stereocenters. The van der Waals surface area contributed by atoms with E-state index in [9.17, 15) is 8.42 Å². The van der Waals surface area contributed by atoms with E-state index in [2.05, 4.69) is 21.8 Å². The number of rotatable bonds is 6. The molecule has 0 amide bonds. The molecule has 2 bridgehead atoms. The van der Waals surface area contributed by atoms with Gasteiger partial charge in [0.2, 0.25) is 16.8 Å². The molecule has 1 N–H and O–H groups in total.